The summed E-state index contributed by atoms with van der Waals surface area (Å²) in [7, 11) is 0. The van der Waals surface area contributed by atoms with Gasteiger partial charge in [-0.3, -0.25) is 4.79 Å². The zero-order chi connectivity index (χ0) is 15.4. The summed E-state index contributed by atoms with van der Waals surface area (Å²) in [5.41, 5.74) is 0.686. The zero-order valence-corrected chi connectivity index (χ0v) is 14.6. The van der Waals surface area contributed by atoms with Gasteiger partial charge in [-0.2, -0.15) is 4.37 Å². The van der Waals surface area contributed by atoms with Crippen molar-refractivity contribution >= 4 is 55.9 Å². The molecule has 112 valence electrons. The topological polar surface area (TPSA) is 54.0 Å². The molecule has 0 spiro atoms. The van der Waals surface area contributed by atoms with E-state index in [2.05, 4.69) is 43.7 Å². The maximum Gasteiger partial charge on any atom is 0.251 e. The summed E-state index contributed by atoms with van der Waals surface area (Å²) in [6, 6.07) is 15.6. The number of hydrogen-bond acceptors (Lipinski definition) is 4. The quantitative estimate of drug-likeness (QED) is 0.486. The molecule has 0 aliphatic rings. The van der Waals surface area contributed by atoms with Crippen LogP contribution in [0.3, 0.4) is 0 Å². The van der Waals surface area contributed by atoms with E-state index < -0.39 is 0 Å². The van der Waals surface area contributed by atoms with Gasteiger partial charge in [0.05, 0.1) is 4.70 Å². The molecule has 3 rings (SSSR count). The monoisotopic (exact) mass is 423 g/mol. The Morgan fingerprint density at radius 2 is 2.00 bits per heavy atom. The number of hydrogen-bond donors (Lipinski definition) is 2. The predicted octanol–water partition coefficient (Wildman–Crippen LogP) is 3.74. The summed E-state index contributed by atoms with van der Waals surface area (Å²) in [5, 5.41) is 7.30. The number of anilines is 1. The smallest absolute Gasteiger partial charge is 0.251 e. The minimum atomic E-state index is -0.0524. The number of carbonyl (C=O) groups excluding carboxylic acids is 1. The summed E-state index contributed by atoms with van der Waals surface area (Å²) >= 11 is 3.68. The molecule has 0 aliphatic heterocycles. The summed E-state index contributed by atoms with van der Waals surface area (Å²) in [6.45, 7) is 1.19. The highest BCUT2D eigenvalue weighted by atomic mass is 127. The van der Waals surface area contributed by atoms with E-state index in [9.17, 15) is 4.79 Å². The standard InChI is InChI=1S/C16H14IN3OS/c17-12-5-3-4-11(10-12)16(21)19-9-8-18-15-13-6-1-2-7-14(13)22-20-15/h1-7,10H,8-9H2,(H,18,20)(H,19,21). The molecular weight excluding hydrogens is 409 g/mol. The fourth-order valence-corrected chi connectivity index (χ4v) is 3.40. The molecule has 0 radical (unpaired) electrons. The van der Waals surface area contributed by atoms with Gasteiger partial charge in [0.1, 0.15) is 5.82 Å². The molecule has 4 nitrogen and oxygen atoms in total. The van der Waals surface area contributed by atoms with Crippen LogP contribution in [-0.2, 0) is 0 Å². The Morgan fingerprint density at radius 1 is 1.14 bits per heavy atom. The van der Waals surface area contributed by atoms with Crippen LogP contribution in [0.25, 0.3) is 10.1 Å². The number of carbonyl (C=O) groups is 1. The molecule has 0 atom stereocenters. The van der Waals surface area contributed by atoms with E-state index in [1.54, 1.807) is 0 Å². The second kappa shape index (κ2) is 7.06. The normalized spacial score (nSPS) is 10.6. The van der Waals surface area contributed by atoms with Gasteiger partial charge in [0.15, 0.2) is 0 Å². The van der Waals surface area contributed by atoms with Crippen LogP contribution >= 0.6 is 34.1 Å². The molecule has 1 heterocycles. The number of nitrogens with one attached hydrogen (secondary N) is 2. The molecule has 2 aromatic carbocycles. The Hall–Kier alpha value is -1.67. The van der Waals surface area contributed by atoms with Gasteiger partial charge in [-0.15, -0.1) is 0 Å². The lowest BCUT2D eigenvalue weighted by Gasteiger charge is -2.07. The molecule has 0 saturated carbocycles. The first-order valence-corrected chi connectivity index (χ1v) is 8.71. The first kappa shape index (κ1) is 15.2. The van der Waals surface area contributed by atoms with E-state index in [1.165, 1.54) is 11.5 Å². The average Bonchev–Trinajstić information content (AvgIpc) is 2.95. The van der Waals surface area contributed by atoms with Gasteiger partial charge in [-0.1, -0.05) is 18.2 Å². The number of fused-ring (bicyclic) bond motifs is 1. The minimum Gasteiger partial charge on any atom is -0.367 e. The Labute approximate surface area is 146 Å². The van der Waals surface area contributed by atoms with Gasteiger partial charge in [0, 0.05) is 27.6 Å². The lowest BCUT2D eigenvalue weighted by Crippen LogP contribution is -2.28. The van der Waals surface area contributed by atoms with Crippen molar-refractivity contribution in [3.63, 3.8) is 0 Å². The minimum absolute atomic E-state index is 0.0524. The maximum atomic E-state index is 12.0. The second-order valence-corrected chi connectivity index (χ2v) is 6.77. The van der Waals surface area contributed by atoms with Gasteiger partial charge in [-0.05, 0) is 64.5 Å². The van der Waals surface area contributed by atoms with E-state index in [1.807, 2.05) is 42.5 Å². The molecule has 0 bridgehead atoms. The van der Waals surface area contributed by atoms with E-state index in [4.69, 9.17) is 0 Å². The largest absolute Gasteiger partial charge is 0.367 e. The van der Waals surface area contributed by atoms with Crippen LogP contribution in [-0.4, -0.2) is 23.4 Å². The first-order chi connectivity index (χ1) is 10.7. The number of halogens is 1. The third kappa shape index (κ3) is 3.56. The van der Waals surface area contributed by atoms with Crippen LogP contribution in [0, 0.1) is 3.57 Å². The van der Waals surface area contributed by atoms with E-state index in [-0.39, 0.29) is 5.91 Å². The van der Waals surface area contributed by atoms with Crippen molar-refractivity contribution in [2.75, 3.05) is 18.4 Å². The van der Waals surface area contributed by atoms with Gasteiger partial charge in [-0.25, -0.2) is 0 Å². The molecule has 1 aromatic heterocycles. The number of benzene rings is 2. The Bertz CT molecular complexity index is 803. The number of amides is 1. The van der Waals surface area contributed by atoms with Crippen LogP contribution in [0.15, 0.2) is 48.5 Å². The van der Waals surface area contributed by atoms with Gasteiger partial charge in [0.2, 0.25) is 0 Å². The van der Waals surface area contributed by atoms with E-state index >= 15 is 0 Å². The van der Waals surface area contributed by atoms with Crippen LogP contribution in [0.4, 0.5) is 5.82 Å². The van der Waals surface area contributed by atoms with Gasteiger partial charge in [0.25, 0.3) is 5.91 Å². The highest BCUT2D eigenvalue weighted by molar-refractivity contribution is 14.1. The van der Waals surface area contributed by atoms with Crippen LogP contribution in [0.2, 0.25) is 0 Å². The van der Waals surface area contributed by atoms with Crippen molar-refractivity contribution in [2.45, 2.75) is 0 Å². The summed E-state index contributed by atoms with van der Waals surface area (Å²) in [5.74, 6) is 0.826. The zero-order valence-electron chi connectivity index (χ0n) is 11.7. The van der Waals surface area contributed by atoms with Crippen molar-refractivity contribution in [3.8, 4) is 0 Å². The van der Waals surface area contributed by atoms with E-state index in [0.29, 0.717) is 18.7 Å². The van der Waals surface area contributed by atoms with Crippen molar-refractivity contribution < 1.29 is 4.79 Å². The van der Waals surface area contributed by atoms with Crippen molar-refractivity contribution in [1.29, 1.82) is 0 Å². The van der Waals surface area contributed by atoms with Crippen LogP contribution in [0.1, 0.15) is 10.4 Å². The highest BCUT2D eigenvalue weighted by Gasteiger charge is 2.06. The molecule has 0 saturated heterocycles. The van der Waals surface area contributed by atoms with Crippen molar-refractivity contribution in [2.24, 2.45) is 0 Å². The van der Waals surface area contributed by atoms with Gasteiger partial charge < -0.3 is 10.6 Å². The van der Waals surface area contributed by atoms with Gasteiger partial charge >= 0.3 is 0 Å². The Kier molecular flexibility index (Phi) is 4.89. The molecular formula is C16H14IN3OS. The maximum absolute atomic E-state index is 12.0. The van der Waals surface area contributed by atoms with Crippen LogP contribution in [0.5, 0.6) is 0 Å². The third-order valence-corrected chi connectivity index (χ3v) is 4.66. The number of aromatic nitrogens is 1. The van der Waals surface area contributed by atoms with E-state index in [0.717, 1.165) is 19.5 Å². The fraction of sp³-hybridized carbons (Fsp3) is 0.125. The summed E-state index contributed by atoms with van der Waals surface area (Å²) < 4.78 is 6.61. The van der Waals surface area contributed by atoms with Crippen molar-refractivity contribution in [1.82, 2.24) is 9.69 Å². The molecule has 0 fully saturated rings. The Morgan fingerprint density at radius 3 is 2.86 bits per heavy atom. The molecule has 0 aliphatic carbocycles. The van der Waals surface area contributed by atoms with Crippen LogP contribution < -0.4 is 10.6 Å². The van der Waals surface area contributed by atoms with Crippen molar-refractivity contribution in [3.05, 3.63) is 57.7 Å². The summed E-state index contributed by atoms with van der Waals surface area (Å²) in [6.07, 6.45) is 0. The average molecular weight is 423 g/mol. The molecule has 6 heteroatoms. The second-order valence-electron chi connectivity index (χ2n) is 4.72. The number of rotatable bonds is 5. The lowest BCUT2D eigenvalue weighted by molar-refractivity contribution is 0.0955. The fourth-order valence-electron chi connectivity index (χ4n) is 2.10. The third-order valence-electron chi connectivity index (χ3n) is 3.17. The lowest BCUT2D eigenvalue weighted by atomic mass is 10.2. The molecule has 3 aromatic rings. The highest BCUT2D eigenvalue weighted by Crippen LogP contribution is 2.25. The predicted molar refractivity (Wildman–Crippen MR) is 99.6 cm³/mol. The molecule has 0 unspecified atom stereocenters. The number of nitrogens with zero attached hydrogens (tertiary/aromatic N) is 1. The first-order valence-electron chi connectivity index (χ1n) is 6.86. The summed E-state index contributed by atoms with van der Waals surface area (Å²) in [4.78, 5) is 12.0. The Balaban J connectivity index is 1.52. The molecule has 22 heavy (non-hydrogen) atoms. The molecule has 2 N–H and O–H groups in total. The molecule has 1 amide bonds. The SMILES string of the molecule is O=C(NCCNc1nsc2ccccc12)c1cccc(I)c1.